The summed E-state index contributed by atoms with van der Waals surface area (Å²) in [7, 11) is 0. The average Bonchev–Trinajstić information content (AvgIpc) is 2.45. The Labute approximate surface area is 130 Å². The summed E-state index contributed by atoms with van der Waals surface area (Å²) in [6, 6.07) is 8.03. The molecular formula is C17H20N4O. The molecule has 0 bridgehead atoms. The van der Waals surface area contributed by atoms with Gasteiger partial charge in [0, 0.05) is 37.1 Å². The minimum atomic E-state index is -0.0338. The van der Waals surface area contributed by atoms with E-state index < -0.39 is 0 Å². The number of fused-ring (bicyclic) bond motifs is 1. The van der Waals surface area contributed by atoms with Crippen LogP contribution in [0.5, 0.6) is 0 Å². The molecule has 5 nitrogen and oxygen atoms in total. The van der Waals surface area contributed by atoms with E-state index in [1.54, 1.807) is 0 Å². The Kier molecular flexibility index (Phi) is 3.79. The Morgan fingerprint density at radius 2 is 1.95 bits per heavy atom. The standard InChI is InChI=1S/C17H20N4O/c1-11-9-12(2)19-17(18-11)21-8-7-15-14(10-21)5-4-6-16(15)20-13(3)22/h4-6,9H,7-8,10H2,1-3H3,(H,20,22). The number of nitrogens with zero attached hydrogens (tertiary/aromatic N) is 3. The zero-order valence-corrected chi connectivity index (χ0v) is 13.2. The molecule has 0 unspecified atom stereocenters. The van der Waals surface area contributed by atoms with Crippen molar-refractivity contribution in [3.63, 3.8) is 0 Å². The van der Waals surface area contributed by atoms with Gasteiger partial charge in [-0.1, -0.05) is 12.1 Å². The summed E-state index contributed by atoms with van der Waals surface area (Å²) in [5, 5.41) is 2.92. The predicted octanol–water partition coefficient (Wildman–Crippen LogP) is 2.61. The highest BCUT2D eigenvalue weighted by atomic mass is 16.1. The molecule has 0 fully saturated rings. The lowest BCUT2D eigenvalue weighted by atomic mass is 9.98. The maximum absolute atomic E-state index is 11.3. The van der Waals surface area contributed by atoms with Crippen LogP contribution in [0.4, 0.5) is 11.6 Å². The second kappa shape index (κ2) is 5.75. The number of nitrogens with one attached hydrogen (secondary N) is 1. The molecule has 0 radical (unpaired) electrons. The second-order valence-corrected chi connectivity index (χ2v) is 5.75. The van der Waals surface area contributed by atoms with E-state index in [9.17, 15) is 4.79 Å². The van der Waals surface area contributed by atoms with Crippen LogP contribution in [-0.4, -0.2) is 22.4 Å². The molecule has 0 saturated carbocycles. The van der Waals surface area contributed by atoms with Crippen LogP contribution in [0, 0.1) is 13.8 Å². The summed E-state index contributed by atoms with van der Waals surface area (Å²) in [5.41, 5.74) is 5.34. The molecule has 2 heterocycles. The fraction of sp³-hybridized carbons (Fsp3) is 0.353. The molecule has 2 aromatic rings. The summed E-state index contributed by atoms with van der Waals surface area (Å²) in [6.45, 7) is 7.14. The van der Waals surface area contributed by atoms with Gasteiger partial charge in [-0.05, 0) is 43.5 Å². The second-order valence-electron chi connectivity index (χ2n) is 5.75. The van der Waals surface area contributed by atoms with Gasteiger partial charge in [0.05, 0.1) is 0 Å². The molecule has 0 atom stereocenters. The van der Waals surface area contributed by atoms with E-state index in [2.05, 4.69) is 26.3 Å². The minimum Gasteiger partial charge on any atom is -0.336 e. The van der Waals surface area contributed by atoms with Crippen LogP contribution in [0.2, 0.25) is 0 Å². The third kappa shape index (κ3) is 2.93. The van der Waals surface area contributed by atoms with Crippen molar-refractivity contribution in [1.29, 1.82) is 0 Å². The number of amides is 1. The van der Waals surface area contributed by atoms with Gasteiger partial charge in [0.1, 0.15) is 0 Å². The monoisotopic (exact) mass is 296 g/mol. The number of carbonyl (C=O) groups excluding carboxylic acids is 1. The Bertz CT molecular complexity index is 706. The normalized spacial score (nSPS) is 13.7. The van der Waals surface area contributed by atoms with E-state index in [-0.39, 0.29) is 5.91 Å². The Morgan fingerprint density at radius 3 is 2.64 bits per heavy atom. The Hall–Kier alpha value is -2.43. The van der Waals surface area contributed by atoms with E-state index in [1.807, 2.05) is 32.0 Å². The highest BCUT2D eigenvalue weighted by Crippen LogP contribution is 2.28. The molecule has 114 valence electrons. The molecular weight excluding hydrogens is 276 g/mol. The van der Waals surface area contributed by atoms with Crippen LogP contribution < -0.4 is 10.2 Å². The predicted molar refractivity (Wildman–Crippen MR) is 87.0 cm³/mol. The van der Waals surface area contributed by atoms with Crippen LogP contribution in [-0.2, 0) is 17.8 Å². The first-order chi connectivity index (χ1) is 10.5. The van der Waals surface area contributed by atoms with Crippen molar-refractivity contribution in [2.24, 2.45) is 0 Å². The number of aromatic nitrogens is 2. The average molecular weight is 296 g/mol. The molecule has 1 amide bonds. The lowest BCUT2D eigenvalue weighted by Gasteiger charge is -2.30. The molecule has 3 rings (SSSR count). The number of hydrogen-bond acceptors (Lipinski definition) is 4. The van der Waals surface area contributed by atoms with Crippen molar-refractivity contribution in [3.8, 4) is 0 Å². The first-order valence-electron chi connectivity index (χ1n) is 7.48. The fourth-order valence-electron chi connectivity index (χ4n) is 2.94. The first kappa shape index (κ1) is 14.5. The summed E-state index contributed by atoms with van der Waals surface area (Å²) >= 11 is 0. The summed E-state index contributed by atoms with van der Waals surface area (Å²) in [4.78, 5) is 22.6. The van der Waals surface area contributed by atoms with Gasteiger partial charge >= 0.3 is 0 Å². The van der Waals surface area contributed by atoms with Gasteiger partial charge in [0.2, 0.25) is 11.9 Å². The topological polar surface area (TPSA) is 58.1 Å². The van der Waals surface area contributed by atoms with Crippen molar-refractivity contribution < 1.29 is 4.79 Å². The molecule has 5 heteroatoms. The number of benzene rings is 1. The number of anilines is 2. The number of rotatable bonds is 2. The maximum Gasteiger partial charge on any atom is 0.226 e. The zero-order chi connectivity index (χ0) is 15.7. The summed E-state index contributed by atoms with van der Waals surface area (Å²) in [6.07, 6.45) is 0.877. The number of carbonyl (C=O) groups is 1. The van der Waals surface area contributed by atoms with Crippen molar-refractivity contribution in [2.75, 3.05) is 16.8 Å². The molecule has 0 aliphatic carbocycles. The third-order valence-corrected chi connectivity index (χ3v) is 3.83. The number of aryl methyl sites for hydroxylation is 2. The molecule has 0 spiro atoms. The maximum atomic E-state index is 11.3. The largest absolute Gasteiger partial charge is 0.336 e. The van der Waals surface area contributed by atoms with Crippen LogP contribution >= 0.6 is 0 Å². The van der Waals surface area contributed by atoms with E-state index >= 15 is 0 Å². The van der Waals surface area contributed by atoms with Gasteiger partial charge in [-0.2, -0.15) is 0 Å². The van der Waals surface area contributed by atoms with Gasteiger partial charge in [-0.15, -0.1) is 0 Å². The quantitative estimate of drug-likeness (QED) is 0.925. The highest BCUT2D eigenvalue weighted by molar-refractivity contribution is 5.89. The van der Waals surface area contributed by atoms with Crippen molar-refractivity contribution in [2.45, 2.75) is 33.7 Å². The molecule has 1 aromatic carbocycles. The van der Waals surface area contributed by atoms with Crippen LogP contribution in [0.1, 0.15) is 29.4 Å². The van der Waals surface area contributed by atoms with E-state index in [0.29, 0.717) is 0 Å². The number of hydrogen-bond donors (Lipinski definition) is 1. The smallest absolute Gasteiger partial charge is 0.226 e. The molecule has 1 N–H and O–H groups in total. The fourth-order valence-corrected chi connectivity index (χ4v) is 2.94. The Balaban J connectivity index is 1.89. The van der Waals surface area contributed by atoms with E-state index in [1.165, 1.54) is 18.1 Å². The van der Waals surface area contributed by atoms with E-state index in [4.69, 9.17) is 0 Å². The SMILES string of the molecule is CC(=O)Nc1cccc2c1CCN(c1nc(C)cc(C)n1)C2. The lowest BCUT2D eigenvalue weighted by molar-refractivity contribution is -0.114. The van der Waals surface area contributed by atoms with Crippen molar-refractivity contribution in [1.82, 2.24) is 9.97 Å². The van der Waals surface area contributed by atoms with Crippen LogP contribution in [0.25, 0.3) is 0 Å². The van der Waals surface area contributed by atoms with Crippen molar-refractivity contribution >= 4 is 17.5 Å². The third-order valence-electron chi connectivity index (χ3n) is 3.83. The van der Waals surface area contributed by atoms with Gasteiger partial charge in [0.15, 0.2) is 0 Å². The highest BCUT2D eigenvalue weighted by Gasteiger charge is 2.21. The van der Waals surface area contributed by atoms with Crippen LogP contribution in [0.3, 0.4) is 0 Å². The van der Waals surface area contributed by atoms with Gasteiger partial charge in [-0.3, -0.25) is 4.79 Å². The molecule has 1 aliphatic heterocycles. The lowest BCUT2D eigenvalue weighted by Crippen LogP contribution is -2.32. The zero-order valence-electron chi connectivity index (χ0n) is 13.2. The van der Waals surface area contributed by atoms with Gasteiger partial charge in [0.25, 0.3) is 0 Å². The molecule has 1 aliphatic rings. The van der Waals surface area contributed by atoms with Gasteiger partial charge in [-0.25, -0.2) is 9.97 Å². The Morgan fingerprint density at radius 1 is 1.23 bits per heavy atom. The van der Waals surface area contributed by atoms with Gasteiger partial charge < -0.3 is 10.2 Å². The molecule has 0 saturated heterocycles. The minimum absolute atomic E-state index is 0.0338. The van der Waals surface area contributed by atoms with E-state index in [0.717, 1.165) is 42.5 Å². The molecule has 22 heavy (non-hydrogen) atoms. The first-order valence-corrected chi connectivity index (χ1v) is 7.48. The molecule has 1 aromatic heterocycles. The summed E-state index contributed by atoms with van der Waals surface area (Å²) in [5.74, 6) is 0.751. The van der Waals surface area contributed by atoms with Crippen LogP contribution in [0.15, 0.2) is 24.3 Å². The van der Waals surface area contributed by atoms with Crippen molar-refractivity contribution in [3.05, 3.63) is 46.8 Å². The summed E-state index contributed by atoms with van der Waals surface area (Å²) < 4.78 is 0.